The van der Waals surface area contributed by atoms with Gasteiger partial charge in [-0.05, 0) is 24.4 Å². The number of fused-ring (bicyclic) bond motifs is 1. The molecule has 22 heavy (non-hydrogen) atoms. The van der Waals surface area contributed by atoms with Crippen LogP contribution >= 0.6 is 0 Å². The molecule has 0 atom stereocenters. The van der Waals surface area contributed by atoms with Crippen LogP contribution in [0.3, 0.4) is 0 Å². The summed E-state index contributed by atoms with van der Waals surface area (Å²) in [6.45, 7) is 1.70. The molecule has 2 aromatic carbocycles. The summed E-state index contributed by atoms with van der Waals surface area (Å²) in [6.07, 6.45) is 2.86. The Morgan fingerprint density at radius 1 is 1.23 bits per heavy atom. The van der Waals surface area contributed by atoms with Crippen molar-refractivity contribution in [1.29, 1.82) is 0 Å². The van der Waals surface area contributed by atoms with Gasteiger partial charge in [0, 0.05) is 10.9 Å². The number of furan rings is 1. The highest BCUT2D eigenvalue weighted by Crippen LogP contribution is 2.27. The van der Waals surface area contributed by atoms with Gasteiger partial charge in [0.05, 0.1) is 18.0 Å². The molecule has 1 aromatic heterocycles. The van der Waals surface area contributed by atoms with Gasteiger partial charge in [0.2, 0.25) is 0 Å². The van der Waals surface area contributed by atoms with Gasteiger partial charge in [-0.15, -0.1) is 0 Å². The highest BCUT2D eigenvalue weighted by atomic mass is 16.3. The number of amides is 1. The summed E-state index contributed by atoms with van der Waals surface area (Å²) >= 11 is 0. The number of hydrazone groups is 1. The van der Waals surface area contributed by atoms with E-state index in [1.807, 2.05) is 30.3 Å². The van der Waals surface area contributed by atoms with Crippen molar-refractivity contribution >= 4 is 22.9 Å². The van der Waals surface area contributed by atoms with Crippen molar-refractivity contribution in [3.63, 3.8) is 0 Å². The molecule has 5 heteroatoms. The van der Waals surface area contributed by atoms with Crippen molar-refractivity contribution in [2.75, 3.05) is 0 Å². The van der Waals surface area contributed by atoms with Crippen LogP contribution in [-0.2, 0) is 0 Å². The third-order valence-electron chi connectivity index (χ3n) is 3.40. The Morgan fingerprint density at radius 2 is 2.05 bits per heavy atom. The number of hydrogen-bond acceptors (Lipinski definition) is 4. The SMILES string of the molecule is Cc1occc1C(=O)N/N=C/c1ccc2ccccc2c1O. The standard InChI is InChI=1S/C17H14N2O3/c1-11-14(8-9-22-11)17(21)19-18-10-13-7-6-12-4-2-3-5-15(12)16(13)20/h2-10,20H,1H3,(H,19,21)/b18-10+. The minimum absolute atomic E-state index is 0.135. The lowest BCUT2D eigenvalue weighted by molar-refractivity contribution is 0.0953. The van der Waals surface area contributed by atoms with E-state index in [2.05, 4.69) is 10.5 Å². The van der Waals surface area contributed by atoms with E-state index < -0.39 is 0 Å². The summed E-state index contributed by atoms with van der Waals surface area (Å²) in [6, 6.07) is 12.7. The smallest absolute Gasteiger partial charge is 0.274 e. The second-order valence-corrected chi connectivity index (χ2v) is 4.81. The molecule has 0 aliphatic carbocycles. The average molecular weight is 294 g/mol. The van der Waals surface area contributed by atoms with Gasteiger partial charge in [-0.1, -0.05) is 30.3 Å². The molecule has 0 bridgehead atoms. The molecule has 0 spiro atoms. The minimum atomic E-state index is -0.359. The number of aryl methyl sites for hydroxylation is 1. The van der Waals surface area contributed by atoms with E-state index >= 15 is 0 Å². The molecule has 3 aromatic rings. The first kappa shape index (κ1) is 13.9. The third kappa shape index (κ3) is 2.56. The van der Waals surface area contributed by atoms with Gasteiger partial charge < -0.3 is 9.52 Å². The van der Waals surface area contributed by atoms with E-state index in [9.17, 15) is 9.90 Å². The molecule has 5 nitrogen and oxygen atoms in total. The second kappa shape index (κ2) is 5.73. The Bertz CT molecular complexity index is 865. The lowest BCUT2D eigenvalue weighted by atomic mass is 10.1. The summed E-state index contributed by atoms with van der Waals surface area (Å²) in [7, 11) is 0. The van der Waals surface area contributed by atoms with Crippen LogP contribution in [0.5, 0.6) is 5.75 Å². The van der Waals surface area contributed by atoms with Gasteiger partial charge in [0.15, 0.2) is 0 Å². The van der Waals surface area contributed by atoms with Crippen LogP contribution in [0, 0.1) is 6.92 Å². The fourth-order valence-electron chi connectivity index (χ4n) is 2.22. The largest absolute Gasteiger partial charge is 0.507 e. The van der Waals surface area contributed by atoms with Crippen molar-refractivity contribution in [2.45, 2.75) is 6.92 Å². The number of hydrogen-bond donors (Lipinski definition) is 2. The van der Waals surface area contributed by atoms with Gasteiger partial charge in [0.25, 0.3) is 5.91 Å². The minimum Gasteiger partial charge on any atom is -0.507 e. The molecule has 2 N–H and O–H groups in total. The number of benzene rings is 2. The fraction of sp³-hybridized carbons (Fsp3) is 0.0588. The van der Waals surface area contributed by atoms with E-state index in [0.29, 0.717) is 16.9 Å². The van der Waals surface area contributed by atoms with Gasteiger partial charge in [-0.25, -0.2) is 5.43 Å². The number of rotatable bonds is 3. The van der Waals surface area contributed by atoms with Crippen LogP contribution in [0.1, 0.15) is 21.7 Å². The van der Waals surface area contributed by atoms with Gasteiger partial charge in [0.1, 0.15) is 11.5 Å². The van der Waals surface area contributed by atoms with Gasteiger partial charge in [-0.2, -0.15) is 5.10 Å². The summed E-state index contributed by atoms with van der Waals surface area (Å²) in [5.74, 6) is 0.305. The van der Waals surface area contributed by atoms with Crippen molar-refractivity contribution < 1.29 is 14.3 Å². The van der Waals surface area contributed by atoms with Crippen LogP contribution in [0.15, 0.2) is 58.2 Å². The number of nitrogens with zero attached hydrogens (tertiary/aromatic N) is 1. The number of nitrogens with one attached hydrogen (secondary N) is 1. The van der Waals surface area contributed by atoms with Crippen molar-refractivity contribution in [1.82, 2.24) is 5.43 Å². The predicted molar refractivity (Wildman–Crippen MR) is 84.1 cm³/mol. The van der Waals surface area contributed by atoms with E-state index in [1.54, 1.807) is 19.1 Å². The van der Waals surface area contributed by atoms with Crippen LogP contribution in [-0.4, -0.2) is 17.2 Å². The first-order valence-electron chi connectivity index (χ1n) is 6.75. The highest BCUT2D eigenvalue weighted by Gasteiger charge is 2.10. The maximum atomic E-state index is 11.9. The number of phenols is 1. The lowest BCUT2D eigenvalue weighted by Crippen LogP contribution is -2.17. The molecule has 1 amide bonds. The van der Waals surface area contributed by atoms with Gasteiger partial charge >= 0.3 is 0 Å². The maximum Gasteiger partial charge on any atom is 0.274 e. The van der Waals surface area contributed by atoms with E-state index in [4.69, 9.17) is 4.42 Å². The van der Waals surface area contributed by atoms with E-state index in [-0.39, 0.29) is 11.7 Å². The van der Waals surface area contributed by atoms with Gasteiger partial charge in [-0.3, -0.25) is 4.79 Å². The summed E-state index contributed by atoms with van der Waals surface area (Å²) < 4.78 is 5.06. The highest BCUT2D eigenvalue weighted by molar-refractivity contribution is 5.98. The average Bonchev–Trinajstić information content (AvgIpc) is 2.96. The zero-order valence-corrected chi connectivity index (χ0v) is 11.9. The number of carbonyl (C=O) groups excluding carboxylic acids is 1. The normalized spacial score (nSPS) is 11.1. The van der Waals surface area contributed by atoms with Crippen LogP contribution in [0.2, 0.25) is 0 Å². The lowest BCUT2D eigenvalue weighted by Gasteiger charge is -2.04. The molecule has 0 fully saturated rings. The molecule has 1 heterocycles. The van der Waals surface area contributed by atoms with Crippen molar-refractivity contribution in [3.05, 3.63) is 65.6 Å². The summed E-state index contributed by atoms with van der Waals surface area (Å²) in [4.78, 5) is 11.9. The maximum absolute atomic E-state index is 11.9. The van der Waals surface area contributed by atoms with Crippen molar-refractivity contribution in [3.8, 4) is 5.75 Å². The van der Waals surface area contributed by atoms with Crippen molar-refractivity contribution in [2.24, 2.45) is 5.10 Å². The molecule has 0 aliphatic heterocycles. The first-order chi connectivity index (χ1) is 10.7. The Morgan fingerprint density at radius 3 is 2.82 bits per heavy atom. The molecule has 0 radical (unpaired) electrons. The zero-order chi connectivity index (χ0) is 15.5. The predicted octanol–water partition coefficient (Wildman–Crippen LogP) is 3.21. The Labute approximate surface area is 126 Å². The van der Waals surface area contributed by atoms with Crippen LogP contribution in [0.4, 0.5) is 0 Å². The van der Waals surface area contributed by atoms with Crippen LogP contribution in [0.25, 0.3) is 10.8 Å². The fourth-order valence-corrected chi connectivity index (χ4v) is 2.22. The van der Waals surface area contributed by atoms with E-state index in [1.165, 1.54) is 12.5 Å². The number of phenolic OH excluding ortho intramolecular Hbond substituents is 1. The molecular formula is C17H14N2O3. The molecule has 0 saturated heterocycles. The zero-order valence-electron chi connectivity index (χ0n) is 11.9. The monoisotopic (exact) mass is 294 g/mol. The third-order valence-corrected chi connectivity index (χ3v) is 3.40. The molecular weight excluding hydrogens is 280 g/mol. The quantitative estimate of drug-likeness (QED) is 0.575. The Hall–Kier alpha value is -3.08. The number of carbonyl (C=O) groups is 1. The first-order valence-corrected chi connectivity index (χ1v) is 6.75. The molecule has 0 saturated carbocycles. The Kier molecular flexibility index (Phi) is 3.62. The van der Waals surface area contributed by atoms with E-state index in [0.717, 1.165) is 10.8 Å². The molecule has 0 unspecified atom stereocenters. The molecule has 0 aliphatic rings. The summed E-state index contributed by atoms with van der Waals surface area (Å²) in [5, 5.41) is 15.8. The second-order valence-electron chi connectivity index (χ2n) is 4.81. The van der Waals surface area contributed by atoms with Crippen LogP contribution < -0.4 is 5.43 Å². The topological polar surface area (TPSA) is 74.8 Å². The molecule has 110 valence electrons. The summed E-state index contributed by atoms with van der Waals surface area (Å²) in [5.41, 5.74) is 3.37. The Balaban J connectivity index is 1.80. The number of aromatic hydroxyl groups is 1. The molecule has 3 rings (SSSR count).